The summed E-state index contributed by atoms with van der Waals surface area (Å²) in [5, 5.41) is 1.97. The average Bonchev–Trinajstić information content (AvgIpc) is 2.54. The minimum absolute atomic E-state index is 0.218. The molecule has 0 aliphatic rings. The Labute approximate surface area is 157 Å². The van der Waals surface area contributed by atoms with Crippen molar-refractivity contribution in [3.8, 4) is 0 Å². The van der Waals surface area contributed by atoms with Crippen molar-refractivity contribution >= 4 is 24.8 Å². The van der Waals surface area contributed by atoms with Crippen LogP contribution in [-0.2, 0) is 9.26 Å². The maximum absolute atomic E-state index is 12.3. The zero-order valence-electron chi connectivity index (χ0n) is 16.5. The van der Waals surface area contributed by atoms with Crippen LogP contribution in [0.25, 0.3) is 0 Å². The number of hydroxylamine groups is 1. The van der Waals surface area contributed by atoms with E-state index >= 15 is 0 Å². The van der Waals surface area contributed by atoms with Crippen LogP contribution in [0.5, 0.6) is 0 Å². The first-order valence-electron chi connectivity index (χ1n) is 8.84. The molecule has 0 heterocycles. The second kappa shape index (κ2) is 7.64. The molecule has 4 nitrogen and oxygen atoms in total. The number of rotatable bonds is 4. The second-order valence-electron chi connectivity index (χ2n) is 8.37. The third-order valence-corrected chi connectivity index (χ3v) is 8.92. The van der Waals surface area contributed by atoms with E-state index in [0.29, 0.717) is 0 Å². The number of hydrogen-bond donors (Lipinski definition) is 1. The molecule has 0 saturated heterocycles. The lowest BCUT2D eigenvalue weighted by Crippen LogP contribution is -2.68. The first kappa shape index (κ1) is 20.2. The minimum Gasteiger partial charge on any atom is -0.442 e. The summed E-state index contributed by atoms with van der Waals surface area (Å²) in [5.41, 5.74) is 2.00. The van der Waals surface area contributed by atoms with Crippen molar-refractivity contribution in [3.05, 3.63) is 60.7 Å². The Morgan fingerprint density at radius 1 is 0.808 bits per heavy atom. The molecule has 5 heteroatoms. The van der Waals surface area contributed by atoms with Gasteiger partial charge in [0.05, 0.1) is 0 Å². The predicted octanol–water partition coefficient (Wildman–Crippen LogP) is 4.00. The van der Waals surface area contributed by atoms with Crippen molar-refractivity contribution in [1.29, 1.82) is 0 Å². The number of carbonyl (C=O) groups excluding carboxylic acids is 1. The van der Waals surface area contributed by atoms with Crippen LogP contribution in [0.3, 0.4) is 0 Å². The predicted molar refractivity (Wildman–Crippen MR) is 108 cm³/mol. The van der Waals surface area contributed by atoms with Crippen molar-refractivity contribution in [2.75, 3.05) is 0 Å². The van der Waals surface area contributed by atoms with Crippen molar-refractivity contribution in [2.24, 2.45) is 0 Å². The van der Waals surface area contributed by atoms with E-state index in [1.165, 1.54) is 0 Å². The normalized spacial score (nSPS) is 12.5. The first-order chi connectivity index (χ1) is 12.1. The van der Waals surface area contributed by atoms with Gasteiger partial charge in [0.15, 0.2) is 0 Å². The van der Waals surface area contributed by atoms with E-state index in [4.69, 9.17) is 9.26 Å². The number of nitrogens with one attached hydrogen (secondary N) is 1. The molecule has 140 valence electrons. The maximum Gasteiger partial charge on any atom is 0.430 e. The smallest absolute Gasteiger partial charge is 0.430 e. The Bertz CT molecular complexity index is 679. The van der Waals surface area contributed by atoms with Crippen molar-refractivity contribution in [2.45, 2.75) is 52.2 Å². The molecule has 1 N–H and O–H groups in total. The van der Waals surface area contributed by atoms with E-state index in [9.17, 15) is 4.79 Å². The van der Waals surface area contributed by atoms with Crippen LogP contribution in [0.4, 0.5) is 4.79 Å². The van der Waals surface area contributed by atoms with Gasteiger partial charge in [-0.05, 0) is 36.2 Å². The van der Waals surface area contributed by atoms with Crippen LogP contribution in [0, 0.1) is 0 Å². The molecule has 0 radical (unpaired) electrons. The Balaban J connectivity index is 2.49. The monoisotopic (exact) mass is 371 g/mol. The van der Waals surface area contributed by atoms with Gasteiger partial charge in [0.2, 0.25) is 0 Å². The molecule has 2 rings (SSSR count). The largest absolute Gasteiger partial charge is 0.442 e. The maximum atomic E-state index is 12.3. The molecular weight excluding hydrogens is 342 g/mol. The van der Waals surface area contributed by atoms with Crippen LogP contribution in [0.2, 0.25) is 5.04 Å². The third kappa shape index (κ3) is 4.53. The summed E-state index contributed by atoms with van der Waals surface area (Å²) in [6.07, 6.45) is -0.578. The molecule has 0 bridgehead atoms. The van der Waals surface area contributed by atoms with Gasteiger partial charge in [-0.25, -0.2) is 10.3 Å². The van der Waals surface area contributed by atoms with Crippen LogP contribution >= 0.6 is 0 Å². The summed E-state index contributed by atoms with van der Waals surface area (Å²) in [6.45, 7) is 11.9. The molecule has 0 aliphatic heterocycles. The quantitative estimate of drug-likeness (QED) is 0.653. The molecule has 0 fully saturated rings. The minimum atomic E-state index is -2.80. The van der Waals surface area contributed by atoms with Crippen LogP contribution in [-0.4, -0.2) is 20.0 Å². The van der Waals surface area contributed by atoms with Gasteiger partial charge in [-0.15, -0.1) is 0 Å². The van der Waals surface area contributed by atoms with E-state index in [-0.39, 0.29) is 5.04 Å². The van der Waals surface area contributed by atoms with E-state index in [1.807, 2.05) is 57.2 Å². The fourth-order valence-electron chi connectivity index (χ4n) is 3.07. The summed E-state index contributed by atoms with van der Waals surface area (Å²) < 4.78 is 11.7. The van der Waals surface area contributed by atoms with Crippen molar-refractivity contribution in [1.82, 2.24) is 5.48 Å². The highest BCUT2D eigenvalue weighted by atomic mass is 28.4. The van der Waals surface area contributed by atoms with Gasteiger partial charge in [-0.3, -0.25) is 0 Å². The van der Waals surface area contributed by atoms with Gasteiger partial charge in [0.25, 0.3) is 8.32 Å². The SMILES string of the molecule is CC(C)(C)OC(=O)NO[Si](c1ccccc1)(c1ccccc1)C(C)(C)C. The molecular formula is C21H29NO3Si. The summed E-state index contributed by atoms with van der Waals surface area (Å²) in [5.74, 6) is 0. The van der Waals surface area contributed by atoms with Crippen molar-refractivity contribution in [3.63, 3.8) is 0 Å². The summed E-state index contributed by atoms with van der Waals surface area (Å²) in [6, 6.07) is 20.3. The van der Waals surface area contributed by atoms with Gasteiger partial charge in [0.1, 0.15) is 5.60 Å². The lowest BCUT2D eigenvalue weighted by Gasteiger charge is -2.41. The fourth-order valence-corrected chi connectivity index (χ4v) is 7.23. The second-order valence-corrected chi connectivity index (χ2v) is 12.6. The number of carbonyl (C=O) groups is 1. The molecule has 2 aromatic rings. The molecule has 0 saturated carbocycles. The van der Waals surface area contributed by atoms with E-state index < -0.39 is 20.0 Å². The molecule has 0 unspecified atom stereocenters. The van der Waals surface area contributed by atoms with E-state index in [1.54, 1.807) is 0 Å². The van der Waals surface area contributed by atoms with Crippen LogP contribution < -0.4 is 15.9 Å². The molecule has 1 amide bonds. The van der Waals surface area contributed by atoms with Gasteiger partial charge >= 0.3 is 6.09 Å². The van der Waals surface area contributed by atoms with Gasteiger partial charge in [0, 0.05) is 0 Å². The van der Waals surface area contributed by atoms with E-state index in [0.717, 1.165) is 10.4 Å². The third-order valence-electron chi connectivity index (χ3n) is 4.10. The van der Waals surface area contributed by atoms with E-state index in [2.05, 4.69) is 50.5 Å². The summed E-state index contributed by atoms with van der Waals surface area (Å²) >= 11 is 0. The highest BCUT2D eigenvalue weighted by Gasteiger charge is 2.51. The van der Waals surface area contributed by atoms with Crippen molar-refractivity contribution < 1.29 is 14.1 Å². The van der Waals surface area contributed by atoms with Gasteiger partial charge in [-0.2, -0.15) is 0 Å². The number of ether oxygens (including phenoxy) is 1. The lowest BCUT2D eigenvalue weighted by atomic mass is 10.2. The number of benzene rings is 2. The fraction of sp³-hybridized carbons (Fsp3) is 0.381. The lowest BCUT2D eigenvalue weighted by molar-refractivity contribution is 0.0267. The zero-order valence-corrected chi connectivity index (χ0v) is 17.5. The Morgan fingerprint density at radius 3 is 1.58 bits per heavy atom. The Morgan fingerprint density at radius 2 is 1.23 bits per heavy atom. The molecule has 2 aromatic carbocycles. The summed E-state index contributed by atoms with van der Waals surface area (Å²) in [4.78, 5) is 12.3. The Kier molecular flexibility index (Phi) is 5.93. The van der Waals surface area contributed by atoms with Gasteiger partial charge in [-0.1, -0.05) is 81.4 Å². The first-order valence-corrected chi connectivity index (χ1v) is 10.8. The highest BCUT2D eigenvalue weighted by Crippen LogP contribution is 2.36. The van der Waals surface area contributed by atoms with Gasteiger partial charge < -0.3 is 9.26 Å². The molecule has 0 spiro atoms. The highest BCUT2D eigenvalue weighted by molar-refractivity contribution is 6.99. The number of amides is 1. The Hall–Kier alpha value is -2.11. The standard InChI is InChI=1S/C21H29NO3Si/c1-20(2,3)24-19(23)22-25-26(21(4,5)6,17-13-9-7-10-14-17)18-15-11-8-12-16-18/h7-16H,1-6H3,(H,22,23). The van der Waals surface area contributed by atoms with Crippen LogP contribution in [0.15, 0.2) is 60.7 Å². The zero-order chi connectivity index (χ0) is 19.4. The number of hydrogen-bond acceptors (Lipinski definition) is 3. The molecule has 0 aliphatic carbocycles. The molecule has 0 atom stereocenters. The average molecular weight is 372 g/mol. The topological polar surface area (TPSA) is 47.6 Å². The molecule has 0 aromatic heterocycles. The summed E-state index contributed by atoms with van der Waals surface area (Å²) in [7, 11) is -2.80. The van der Waals surface area contributed by atoms with Crippen LogP contribution in [0.1, 0.15) is 41.5 Å². The molecule has 26 heavy (non-hydrogen) atoms.